The third kappa shape index (κ3) is 3.72. The predicted molar refractivity (Wildman–Crippen MR) is 98.8 cm³/mol. The molecule has 7 nitrogen and oxygen atoms in total. The van der Waals surface area contributed by atoms with E-state index in [1.165, 1.54) is 10.7 Å². The summed E-state index contributed by atoms with van der Waals surface area (Å²) in [7, 11) is 0. The first kappa shape index (κ1) is 17.2. The molecule has 0 aliphatic rings. The van der Waals surface area contributed by atoms with Crippen molar-refractivity contribution in [2.75, 3.05) is 0 Å². The van der Waals surface area contributed by atoms with Crippen LogP contribution in [0.4, 0.5) is 0 Å². The summed E-state index contributed by atoms with van der Waals surface area (Å²) < 4.78 is 1.41. The summed E-state index contributed by atoms with van der Waals surface area (Å²) in [6.07, 6.45) is 0.554. The molecule has 7 heteroatoms. The fraction of sp³-hybridized carbons (Fsp3) is 0.105. The second-order valence-electron chi connectivity index (χ2n) is 5.89. The van der Waals surface area contributed by atoms with Gasteiger partial charge in [-0.15, -0.1) is 0 Å². The molecule has 0 saturated carbocycles. The Morgan fingerprint density at radius 2 is 1.77 bits per heavy atom. The van der Waals surface area contributed by atoms with E-state index in [-0.39, 0.29) is 17.8 Å². The molecular weight excluding hydrogens is 332 g/mol. The molecule has 0 saturated heterocycles. The van der Waals surface area contributed by atoms with E-state index in [9.17, 15) is 9.59 Å². The van der Waals surface area contributed by atoms with Crippen LogP contribution in [0.5, 0.6) is 0 Å². The molecule has 3 rings (SSSR count). The number of carboxylic acids is 1. The van der Waals surface area contributed by atoms with Gasteiger partial charge in [0.2, 0.25) is 0 Å². The van der Waals surface area contributed by atoms with Crippen molar-refractivity contribution in [1.29, 1.82) is 5.41 Å². The molecule has 0 atom stereocenters. The minimum atomic E-state index is -0.828. The molecule has 132 valence electrons. The number of nitrogens with two attached hydrogens (primary N) is 1. The van der Waals surface area contributed by atoms with Gasteiger partial charge in [-0.25, -0.2) is 4.68 Å². The van der Waals surface area contributed by atoms with Crippen LogP contribution in [0.3, 0.4) is 0 Å². The zero-order valence-electron chi connectivity index (χ0n) is 13.9. The lowest BCUT2D eigenvalue weighted by Gasteiger charge is -2.05. The van der Waals surface area contributed by atoms with Crippen LogP contribution in [0.2, 0.25) is 0 Å². The Morgan fingerprint density at radius 3 is 2.35 bits per heavy atom. The van der Waals surface area contributed by atoms with E-state index < -0.39 is 5.97 Å². The molecule has 2 aromatic carbocycles. The summed E-state index contributed by atoms with van der Waals surface area (Å²) in [5.41, 5.74) is 8.89. The normalized spacial score (nSPS) is 10.6. The minimum Gasteiger partial charge on any atom is -0.481 e. The summed E-state index contributed by atoms with van der Waals surface area (Å²) in [5.74, 6) is -0.856. The lowest BCUT2D eigenvalue weighted by molar-refractivity contribution is -0.136. The number of nitrogens with one attached hydrogen (secondary N) is 2. The van der Waals surface area contributed by atoms with Gasteiger partial charge in [0.1, 0.15) is 5.84 Å². The summed E-state index contributed by atoms with van der Waals surface area (Å²) in [4.78, 5) is 22.9. The molecule has 0 amide bonds. The lowest BCUT2D eigenvalue weighted by Crippen LogP contribution is -2.14. The molecule has 0 fully saturated rings. The second kappa shape index (κ2) is 7.10. The number of aromatic nitrogens is 2. The number of nitrogens with zero attached hydrogens (tertiary/aromatic N) is 1. The number of rotatable bonds is 6. The minimum absolute atomic E-state index is 0.0286. The standard InChI is InChI=1S/C19H18N4O3/c20-19(21)14-6-8-15(9-7-14)23-17(24)11-16(22-23)13-4-1-12(2-5-13)3-10-18(25)26/h1-2,4-9,11,22H,3,10H2,(H3,20,21)(H,25,26). The van der Waals surface area contributed by atoms with Gasteiger partial charge in [-0.05, 0) is 41.8 Å². The Kier molecular flexibility index (Phi) is 4.70. The summed E-state index contributed by atoms with van der Waals surface area (Å²) in [6.45, 7) is 0. The number of carboxylic acid groups (broad SMARTS) is 1. The maximum Gasteiger partial charge on any atom is 0.303 e. The molecule has 26 heavy (non-hydrogen) atoms. The zero-order valence-corrected chi connectivity index (χ0v) is 13.9. The number of amidine groups is 1. The number of aliphatic carboxylic acids is 1. The number of aryl methyl sites for hydroxylation is 1. The number of hydrogen-bond donors (Lipinski definition) is 4. The Labute approximate surface area is 149 Å². The summed E-state index contributed by atoms with van der Waals surface area (Å²) in [6, 6.07) is 15.7. The lowest BCUT2D eigenvalue weighted by atomic mass is 10.1. The quantitative estimate of drug-likeness (QED) is 0.401. The van der Waals surface area contributed by atoms with Crippen LogP contribution >= 0.6 is 0 Å². The first-order chi connectivity index (χ1) is 12.4. The topological polar surface area (TPSA) is 125 Å². The van der Waals surface area contributed by atoms with Crippen molar-refractivity contribution in [1.82, 2.24) is 9.78 Å². The van der Waals surface area contributed by atoms with Crippen LogP contribution in [0.15, 0.2) is 59.4 Å². The van der Waals surface area contributed by atoms with Crippen molar-refractivity contribution in [2.24, 2.45) is 5.73 Å². The number of hydrogen-bond acceptors (Lipinski definition) is 3. The maximum absolute atomic E-state index is 12.3. The van der Waals surface area contributed by atoms with E-state index in [0.29, 0.717) is 23.4 Å². The van der Waals surface area contributed by atoms with Crippen molar-refractivity contribution in [3.63, 3.8) is 0 Å². The number of aromatic amines is 1. The van der Waals surface area contributed by atoms with Gasteiger partial charge in [0.25, 0.3) is 5.56 Å². The summed E-state index contributed by atoms with van der Waals surface area (Å²) in [5, 5.41) is 19.2. The second-order valence-corrected chi connectivity index (χ2v) is 5.89. The number of carbonyl (C=O) groups is 1. The van der Waals surface area contributed by atoms with E-state index in [1.54, 1.807) is 24.3 Å². The SMILES string of the molecule is N=C(N)c1ccc(-n2[nH]c(-c3ccc(CCC(=O)O)cc3)cc2=O)cc1. The third-order valence-electron chi connectivity index (χ3n) is 4.05. The smallest absolute Gasteiger partial charge is 0.303 e. The summed E-state index contributed by atoms with van der Waals surface area (Å²) >= 11 is 0. The highest BCUT2D eigenvalue weighted by Crippen LogP contribution is 2.18. The molecule has 0 bridgehead atoms. The van der Waals surface area contributed by atoms with Crippen molar-refractivity contribution >= 4 is 11.8 Å². The fourth-order valence-electron chi connectivity index (χ4n) is 2.63. The Bertz CT molecular complexity index is 999. The third-order valence-corrected chi connectivity index (χ3v) is 4.05. The molecule has 0 aliphatic heterocycles. The van der Waals surface area contributed by atoms with Crippen LogP contribution in [0, 0.1) is 5.41 Å². The maximum atomic E-state index is 12.3. The van der Waals surface area contributed by atoms with Crippen molar-refractivity contribution in [3.05, 3.63) is 76.1 Å². The van der Waals surface area contributed by atoms with Gasteiger partial charge in [0.05, 0.1) is 11.4 Å². The molecular formula is C19H18N4O3. The monoisotopic (exact) mass is 350 g/mol. The average molecular weight is 350 g/mol. The van der Waals surface area contributed by atoms with Crippen molar-refractivity contribution in [2.45, 2.75) is 12.8 Å². The number of benzene rings is 2. The van der Waals surface area contributed by atoms with E-state index in [2.05, 4.69) is 5.10 Å². The Balaban J connectivity index is 1.84. The molecule has 1 aromatic heterocycles. The van der Waals surface area contributed by atoms with Crippen molar-refractivity contribution < 1.29 is 9.90 Å². The Hall–Kier alpha value is -3.61. The first-order valence-electron chi connectivity index (χ1n) is 8.02. The van der Waals surface area contributed by atoms with E-state index in [1.807, 2.05) is 24.3 Å². The molecule has 0 unspecified atom stereocenters. The number of nitrogen functional groups attached to an aromatic ring is 1. The fourth-order valence-corrected chi connectivity index (χ4v) is 2.63. The molecule has 0 aliphatic carbocycles. The van der Waals surface area contributed by atoms with Gasteiger partial charge < -0.3 is 10.8 Å². The van der Waals surface area contributed by atoms with Crippen molar-refractivity contribution in [3.8, 4) is 16.9 Å². The highest BCUT2D eigenvalue weighted by atomic mass is 16.4. The van der Waals surface area contributed by atoms with Crippen LogP contribution in [0.25, 0.3) is 16.9 Å². The highest BCUT2D eigenvalue weighted by molar-refractivity contribution is 5.95. The molecule has 3 aromatic rings. The van der Waals surface area contributed by atoms with Crippen LogP contribution in [-0.4, -0.2) is 26.7 Å². The van der Waals surface area contributed by atoms with Gasteiger partial charge in [0, 0.05) is 18.1 Å². The van der Waals surface area contributed by atoms with Gasteiger partial charge in [-0.3, -0.25) is 20.1 Å². The van der Waals surface area contributed by atoms with Crippen LogP contribution in [0.1, 0.15) is 17.5 Å². The van der Waals surface area contributed by atoms with E-state index in [0.717, 1.165) is 11.1 Å². The van der Waals surface area contributed by atoms with E-state index in [4.69, 9.17) is 16.2 Å². The number of H-pyrrole nitrogens is 1. The Morgan fingerprint density at radius 1 is 1.12 bits per heavy atom. The van der Waals surface area contributed by atoms with Gasteiger partial charge in [-0.1, -0.05) is 24.3 Å². The molecule has 5 N–H and O–H groups in total. The molecule has 0 radical (unpaired) electrons. The average Bonchev–Trinajstić information content (AvgIpc) is 3.02. The van der Waals surface area contributed by atoms with Crippen LogP contribution < -0.4 is 11.3 Å². The zero-order chi connectivity index (χ0) is 18.7. The van der Waals surface area contributed by atoms with Gasteiger partial charge >= 0.3 is 5.97 Å². The van der Waals surface area contributed by atoms with Gasteiger partial charge in [-0.2, -0.15) is 0 Å². The molecule has 1 heterocycles. The largest absolute Gasteiger partial charge is 0.481 e. The van der Waals surface area contributed by atoms with E-state index >= 15 is 0 Å². The van der Waals surface area contributed by atoms with Crippen LogP contribution in [-0.2, 0) is 11.2 Å². The predicted octanol–water partition coefficient (Wildman–Crippen LogP) is 2.13. The first-order valence-corrected chi connectivity index (χ1v) is 8.02. The molecule has 0 spiro atoms. The van der Waals surface area contributed by atoms with Gasteiger partial charge in [0.15, 0.2) is 0 Å². The highest BCUT2D eigenvalue weighted by Gasteiger charge is 2.08.